The Morgan fingerprint density at radius 2 is 2.33 bits per heavy atom. The van der Waals surface area contributed by atoms with E-state index in [0.717, 1.165) is 29.9 Å². The predicted octanol–water partition coefficient (Wildman–Crippen LogP) is 1.52. The molecule has 4 nitrogen and oxygen atoms in total. The molecule has 0 saturated carbocycles. The monoisotopic (exact) mass is 203 g/mol. The fourth-order valence-corrected chi connectivity index (χ4v) is 1.76. The lowest BCUT2D eigenvalue weighted by atomic mass is 10.1. The number of fused-ring (bicyclic) bond motifs is 1. The maximum Gasteiger partial charge on any atom is 0.192 e. The molecular formula is C11H13N3O. The molecule has 1 aromatic heterocycles. The highest BCUT2D eigenvalue weighted by atomic mass is 16.3. The summed E-state index contributed by atoms with van der Waals surface area (Å²) < 4.78 is 5.42. The van der Waals surface area contributed by atoms with Gasteiger partial charge >= 0.3 is 0 Å². The van der Waals surface area contributed by atoms with Crippen molar-refractivity contribution >= 4 is 16.8 Å². The third-order valence-electron chi connectivity index (χ3n) is 2.65. The number of hydrogen-bond donors (Lipinski definition) is 2. The van der Waals surface area contributed by atoms with Gasteiger partial charge in [0.05, 0.1) is 6.04 Å². The molecule has 78 valence electrons. The molecule has 0 radical (unpaired) electrons. The van der Waals surface area contributed by atoms with Gasteiger partial charge in [0, 0.05) is 25.7 Å². The number of aromatic nitrogens is 1. The largest absolute Gasteiger partial charge is 0.441 e. The number of nitrogens with zero attached hydrogens (tertiary/aromatic N) is 1. The van der Waals surface area contributed by atoms with E-state index in [1.807, 2.05) is 25.1 Å². The van der Waals surface area contributed by atoms with Gasteiger partial charge in [-0.2, -0.15) is 0 Å². The molecular weight excluding hydrogens is 190 g/mol. The molecule has 0 atom stereocenters. The van der Waals surface area contributed by atoms with Crippen molar-refractivity contribution in [2.24, 2.45) is 0 Å². The van der Waals surface area contributed by atoms with Crippen LogP contribution < -0.4 is 10.6 Å². The van der Waals surface area contributed by atoms with E-state index in [0.29, 0.717) is 11.9 Å². The smallest absolute Gasteiger partial charge is 0.192 e. The van der Waals surface area contributed by atoms with Crippen molar-refractivity contribution in [3.63, 3.8) is 0 Å². The summed E-state index contributed by atoms with van der Waals surface area (Å²) in [7, 11) is 0. The van der Waals surface area contributed by atoms with Crippen LogP contribution in [0.1, 0.15) is 5.89 Å². The first-order valence-corrected chi connectivity index (χ1v) is 5.16. The topological polar surface area (TPSA) is 50.1 Å². The maximum atomic E-state index is 5.42. The van der Waals surface area contributed by atoms with Gasteiger partial charge in [0.2, 0.25) is 0 Å². The van der Waals surface area contributed by atoms with Crippen LogP contribution in [0, 0.1) is 6.92 Å². The molecule has 0 unspecified atom stereocenters. The lowest BCUT2D eigenvalue weighted by molar-refractivity contribution is 0.472. The zero-order valence-electron chi connectivity index (χ0n) is 8.58. The number of rotatable bonds is 2. The Morgan fingerprint density at radius 3 is 3.07 bits per heavy atom. The average molecular weight is 203 g/mol. The number of oxazole rings is 1. The Hall–Kier alpha value is -1.55. The van der Waals surface area contributed by atoms with Gasteiger partial charge in [0.25, 0.3) is 0 Å². The van der Waals surface area contributed by atoms with Crippen molar-refractivity contribution < 1.29 is 4.42 Å². The molecule has 1 fully saturated rings. The van der Waals surface area contributed by atoms with E-state index in [9.17, 15) is 0 Å². The molecule has 0 aliphatic carbocycles. The molecule has 15 heavy (non-hydrogen) atoms. The molecule has 0 spiro atoms. The minimum absolute atomic E-state index is 0.551. The summed E-state index contributed by atoms with van der Waals surface area (Å²) in [6.45, 7) is 3.94. The predicted molar refractivity (Wildman–Crippen MR) is 59.0 cm³/mol. The first kappa shape index (κ1) is 8.73. The summed E-state index contributed by atoms with van der Waals surface area (Å²) in [5, 5.41) is 6.66. The van der Waals surface area contributed by atoms with Crippen LogP contribution in [-0.4, -0.2) is 24.1 Å². The van der Waals surface area contributed by atoms with Crippen LogP contribution in [-0.2, 0) is 0 Å². The third kappa shape index (κ3) is 1.57. The quantitative estimate of drug-likeness (QED) is 0.777. The van der Waals surface area contributed by atoms with Gasteiger partial charge in [-0.1, -0.05) is 0 Å². The first-order valence-electron chi connectivity index (χ1n) is 5.16. The Bertz CT molecular complexity index is 488. The summed E-state index contributed by atoms with van der Waals surface area (Å²) >= 11 is 0. The number of aryl methyl sites for hydroxylation is 1. The standard InChI is InChI=1S/C11H13N3O/c1-7-13-10-4-8(2-3-11(10)15-7)14-9-5-12-6-9/h2-4,9,12,14H,5-6H2,1H3. The van der Waals surface area contributed by atoms with E-state index in [2.05, 4.69) is 15.6 Å². The van der Waals surface area contributed by atoms with Crippen molar-refractivity contribution in [2.45, 2.75) is 13.0 Å². The lowest BCUT2D eigenvalue weighted by Gasteiger charge is -2.28. The number of benzene rings is 1. The van der Waals surface area contributed by atoms with Gasteiger partial charge in [0.1, 0.15) is 5.52 Å². The van der Waals surface area contributed by atoms with Crippen molar-refractivity contribution in [1.82, 2.24) is 10.3 Å². The summed E-state index contributed by atoms with van der Waals surface area (Å²) in [6.07, 6.45) is 0. The van der Waals surface area contributed by atoms with Gasteiger partial charge < -0.3 is 15.1 Å². The Morgan fingerprint density at radius 1 is 1.47 bits per heavy atom. The van der Waals surface area contributed by atoms with Gasteiger partial charge in [-0.05, 0) is 18.2 Å². The van der Waals surface area contributed by atoms with Crippen LogP contribution in [0.5, 0.6) is 0 Å². The number of anilines is 1. The lowest BCUT2D eigenvalue weighted by Crippen LogP contribution is -2.51. The molecule has 1 aliphatic rings. The molecule has 1 aromatic carbocycles. The zero-order valence-corrected chi connectivity index (χ0v) is 8.58. The second kappa shape index (κ2) is 3.24. The fourth-order valence-electron chi connectivity index (χ4n) is 1.76. The van der Waals surface area contributed by atoms with Crippen LogP contribution in [0.15, 0.2) is 22.6 Å². The van der Waals surface area contributed by atoms with E-state index in [1.165, 1.54) is 0 Å². The molecule has 1 saturated heterocycles. The summed E-state index contributed by atoms with van der Waals surface area (Å²) in [4.78, 5) is 4.30. The maximum absolute atomic E-state index is 5.42. The zero-order chi connectivity index (χ0) is 10.3. The summed E-state index contributed by atoms with van der Waals surface area (Å²) in [6, 6.07) is 6.58. The van der Waals surface area contributed by atoms with E-state index < -0.39 is 0 Å². The van der Waals surface area contributed by atoms with Crippen LogP contribution in [0.2, 0.25) is 0 Å². The highest BCUT2D eigenvalue weighted by Crippen LogP contribution is 2.20. The van der Waals surface area contributed by atoms with Gasteiger partial charge in [0.15, 0.2) is 11.5 Å². The molecule has 0 amide bonds. The van der Waals surface area contributed by atoms with E-state index in [-0.39, 0.29) is 0 Å². The van der Waals surface area contributed by atoms with Gasteiger partial charge in [-0.3, -0.25) is 0 Å². The second-order valence-corrected chi connectivity index (χ2v) is 3.91. The third-order valence-corrected chi connectivity index (χ3v) is 2.65. The van der Waals surface area contributed by atoms with E-state index in [4.69, 9.17) is 4.42 Å². The molecule has 2 aromatic rings. The SMILES string of the molecule is Cc1nc2cc(NC3CNC3)ccc2o1. The van der Waals surface area contributed by atoms with Crippen molar-refractivity contribution in [3.8, 4) is 0 Å². The van der Waals surface area contributed by atoms with Crippen molar-refractivity contribution in [1.29, 1.82) is 0 Å². The van der Waals surface area contributed by atoms with E-state index in [1.54, 1.807) is 0 Å². The van der Waals surface area contributed by atoms with Gasteiger partial charge in [-0.25, -0.2) is 4.98 Å². The first-order chi connectivity index (χ1) is 7.31. The summed E-state index contributed by atoms with van der Waals surface area (Å²) in [5.41, 5.74) is 2.89. The highest BCUT2D eigenvalue weighted by Gasteiger charge is 2.16. The Kier molecular flexibility index (Phi) is 1.89. The number of nitrogens with one attached hydrogen (secondary N) is 2. The highest BCUT2D eigenvalue weighted by molar-refractivity contribution is 5.77. The van der Waals surface area contributed by atoms with Crippen LogP contribution in [0.3, 0.4) is 0 Å². The summed E-state index contributed by atoms with van der Waals surface area (Å²) in [5.74, 6) is 0.715. The molecule has 4 heteroatoms. The molecule has 0 bridgehead atoms. The Balaban J connectivity index is 1.90. The van der Waals surface area contributed by atoms with Crippen LogP contribution >= 0.6 is 0 Å². The fraction of sp³-hybridized carbons (Fsp3) is 0.364. The molecule has 1 aliphatic heterocycles. The Labute approximate surface area is 87.7 Å². The van der Waals surface area contributed by atoms with Gasteiger partial charge in [-0.15, -0.1) is 0 Å². The minimum Gasteiger partial charge on any atom is -0.441 e. The van der Waals surface area contributed by atoms with Crippen molar-refractivity contribution in [2.75, 3.05) is 18.4 Å². The van der Waals surface area contributed by atoms with E-state index >= 15 is 0 Å². The minimum atomic E-state index is 0.551. The average Bonchev–Trinajstić information content (AvgIpc) is 2.50. The second-order valence-electron chi connectivity index (χ2n) is 3.91. The van der Waals surface area contributed by atoms with Crippen LogP contribution in [0.4, 0.5) is 5.69 Å². The van der Waals surface area contributed by atoms with Crippen molar-refractivity contribution in [3.05, 3.63) is 24.1 Å². The molecule has 2 N–H and O–H groups in total. The molecule has 2 heterocycles. The van der Waals surface area contributed by atoms with Crippen LogP contribution in [0.25, 0.3) is 11.1 Å². The number of hydrogen-bond acceptors (Lipinski definition) is 4. The molecule has 3 rings (SSSR count). The normalized spacial score (nSPS) is 16.6.